The molecule has 180 valence electrons. The molecule has 0 spiro atoms. The number of nitrogens with one attached hydrogen (secondary N) is 1. The summed E-state index contributed by atoms with van der Waals surface area (Å²) >= 11 is 0. The highest BCUT2D eigenvalue weighted by atomic mass is 16.7. The second-order valence-electron chi connectivity index (χ2n) is 8.14. The van der Waals surface area contributed by atoms with Gasteiger partial charge in [-0.2, -0.15) is 5.10 Å². The second kappa shape index (κ2) is 9.75. The molecule has 9 heteroatoms. The van der Waals surface area contributed by atoms with Crippen molar-refractivity contribution in [1.29, 1.82) is 0 Å². The van der Waals surface area contributed by atoms with Crippen molar-refractivity contribution < 1.29 is 19.1 Å². The van der Waals surface area contributed by atoms with Gasteiger partial charge < -0.3 is 20.5 Å². The minimum atomic E-state index is -1.89. The maximum atomic E-state index is 13.6. The number of ether oxygens (including phenoxy) is 2. The van der Waals surface area contributed by atoms with Crippen molar-refractivity contribution in [3.05, 3.63) is 115 Å². The smallest absolute Gasteiger partial charge is 0.352 e. The molecule has 3 N–H and O–H groups in total. The number of nitrogens with zero attached hydrogens (tertiary/aromatic N) is 3. The van der Waals surface area contributed by atoms with Crippen LogP contribution in [0.5, 0.6) is 0 Å². The Hall–Kier alpha value is -4.92. The minimum Gasteiger partial charge on any atom is -0.447 e. The largest absolute Gasteiger partial charge is 0.447 e. The van der Waals surface area contributed by atoms with E-state index in [2.05, 4.69) is 15.4 Å². The Morgan fingerprint density at radius 1 is 0.944 bits per heavy atom. The number of carbonyl (C=O) groups is 2. The molecule has 9 nitrogen and oxygen atoms in total. The molecule has 0 fully saturated rings. The van der Waals surface area contributed by atoms with E-state index in [9.17, 15) is 9.59 Å². The van der Waals surface area contributed by atoms with Crippen LogP contribution in [0, 0.1) is 0 Å². The fourth-order valence-corrected chi connectivity index (χ4v) is 4.07. The van der Waals surface area contributed by atoms with Crippen molar-refractivity contribution in [3.63, 3.8) is 0 Å². The van der Waals surface area contributed by atoms with Crippen molar-refractivity contribution in [1.82, 2.24) is 20.1 Å². The predicted molar refractivity (Wildman–Crippen MR) is 131 cm³/mol. The van der Waals surface area contributed by atoms with Gasteiger partial charge in [0.15, 0.2) is 5.82 Å². The first-order valence-corrected chi connectivity index (χ1v) is 11.3. The first kappa shape index (κ1) is 22.9. The standard InChI is InChI=1S/C27H23N5O4/c28-26(34)27(35-16-17-36-27)23(18-19-8-3-1-4-9-19)30-25(33)21-12-7-14-29-24(21)32-15-13-22(31-32)20-10-5-2-6-11-20/h1-17,23H,18H2,(H2,28,34)(H,30,33). The Morgan fingerprint density at radius 3 is 2.33 bits per heavy atom. The molecular weight excluding hydrogens is 458 g/mol. The lowest BCUT2D eigenvalue weighted by Gasteiger charge is -2.33. The normalized spacial score (nSPS) is 14.4. The Morgan fingerprint density at radius 2 is 1.64 bits per heavy atom. The van der Waals surface area contributed by atoms with Gasteiger partial charge in [-0.15, -0.1) is 0 Å². The number of primary amides is 1. The van der Waals surface area contributed by atoms with Crippen LogP contribution >= 0.6 is 0 Å². The molecule has 5 rings (SSSR count). The number of benzene rings is 2. The van der Waals surface area contributed by atoms with Crippen LogP contribution < -0.4 is 11.1 Å². The molecule has 2 amide bonds. The summed E-state index contributed by atoms with van der Waals surface area (Å²) in [6.45, 7) is 0. The Balaban J connectivity index is 1.46. The molecule has 0 saturated carbocycles. The number of pyridine rings is 1. The van der Waals surface area contributed by atoms with E-state index >= 15 is 0 Å². The number of aromatic nitrogens is 3. The zero-order valence-electron chi connectivity index (χ0n) is 19.2. The van der Waals surface area contributed by atoms with Gasteiger partial charge in [-0.3, -0.25) is 9.59 Å². The van der Waals surface area contributed by atoms with Crippen LogP contribution in [-0.2, 0) is 20.7 Å². The molecule has 4 aromatic rings. The number of carbonyl (C=O) groups excluding carboxylic acids is 2. The highest BCUT2D eigenvalue weighted by Crippen LogP contribution is 2.27. The molecule has 0 radical (unpaired) electrons. The molecule has 3 heterocycles. The van der Waals surface area contributed by atoms with Crippen molar-refractivity contribution in [2.75, 3.05) is 0 Å². The van der Waals surface area contributed by atoms with Crippen LogP contribution in [-0.4, -0.2) is 38.4 Å². The lowest BCUT2D eigenvalue weighted by atomic mass is 9.97. The summed E-state index contributed by atoms with van der Waals surface area (Å²) in [6, 6.07) is 23.2. The molecule has 2 aromatic heterocycles. The van der Waals surface area contributed by atoms with Crippen molar-refractivity contribution in [2.45, 2.75) is 18.2 Å². The summed E-state index contributed by atoms with van der Waals surface area (Å²) in [5.74, 6) is -2.91. The van der Waals surface area contributed by atoms with Gasteiger partial charge in [-0.25, -0.2) is 9.67 Å². The van der Waals surface area contributed by atoms with Gasteiger partial charge >= 0.3 is 11.7 Å². The van der Waals surface area contributed by atoms with Crippen LogP contribution in [0.4, 0.5) is 0 Å². The number of rotatable bonds is 8. The summed E-state index contributed by atoms with van der Waals surface area (Å²) in [6.07, 6.45) is 6.02. The van der Waals surface area contributed by atoms with Gasteiger partial charge in [0, 0.05) is 24.4 Å². The van der Waals surface area contributed by atoms with E-state index in [1.54, 1.807) is 24.5 Å². The van der Waals surface area contributed by atoms with Gasteiger partial charge in [0.1, 0.15) is 18.6 Å². The molecule has 0 aliphatic carbocycles. The lowest BCUT2D eigenvalue weighted by molar-refractivity contribution is -0.182. The molecule has 1 aliphatic heterocycles. The molecule has 2 aromatic carbocycles. The van der Waals surface area contributed by atoms with Gasteiger partial charge in [0.25, 0.3) is 5.91 Å². The van der Waals surface area contributed by atoms with E-state index in [4.69, 9.17) is 15.2 Å². The van der Waals surface area contributed by atoms with Gasteiger partial charge in [0.2, 0.25) is 0 Å². The summed E-state index contributed by atoms with van der Waals surface area (Å²) in [5.41, 5.74) is 8.46. The average Bonchev–Trinajstić information content (AvgIpc) is 3.61. The van der Waals surface area contributed by atoms with Crippen LogP contribution in [0.2, 0.25) is 0 Å². The van der Waals surface area contributed by atoms with Crippen molar-refractivity contribution >= 4 is 11.8 Å². The Bertz CT molecular complexity index is 1390. The summed E-state index contributed by atoms with van der Waals surface area (Å²) in [7, 11) is 0. The topological polar surface area (TPSA) is 121 Å². The minimum absolute atomic E-state index is 0.229. The van der Waals surface area contributed by atoms with Crippen molar-refractivity contribution in [3.8, 4) is 17.1 Å². The third-order valence-corrected chi connectivity index (χ3v) is 5.84. The summed E-state index contributed by atoms with van der Waals surface area (Å²) in [4.78, 5) is 30.4. The van der Waals surface area contributed by atoms with Gasteiger partial charge in [0.05, 0.1) is 11.3 Å². The fourth-order valence-electron chi connectivity index (χ4n) is 4.07. The SMILES string of the molecule is NC(=O)C1(C(Cc2ccccc2)NC(=O)c2cccnc2-n2ccc(-c3ccccc3)n2)OC=CO1. The monoisotopic (exact) mass is 481 g/mol. The number of hydrogen-bond acceptors (Lipinski definition) is 6. The number of hydrogen-bond donors (Lipinski definition) is 2. The van der Waals surface area contributed by atoms with Gasteiger partial charge in [-0.1, -0.05) is 60.7 Å². The van der Waals surface area contributed by atoms with E-state index in [-0.39, 0.29) is 12.0 Å². The third kappa shape index (κ3) is 4.41. The van der Waals surface area contributed by atoms with Crippen molar-refractivity contribution in [2.24, 2.45) is 5.73 Å². The first-order chi connectivity index (χ1) is 17.6. The summed E-state index contributed by atoms with van der Waals surface area (Å²) in [5, 5.41) is 7.48. The van der Waals surface area contributed by atoms with Crippen LogP contribution in [0.1, 0.15) is 15.9 Å². The molecule has 36 heavy (non-hydrogen) atoms. The zero-order valence-corrected chi connectivity index (χ0v) is 19.2. The predicted octanol–water partition coefficient (Wildman–Crippen LogP) is 2.98. The van der Waals surface area contributed by atoms with E-state index < -0.39 is 23.6 Å². The molecular formula is C27H23N5O4. The number of amides is 2. The third-order valence-electron chi connectivity index (χ3n) is 5.84. The fraction of sp³-hybridized carbons (Fsp3) is 0.111. The Kier molecular flexibility index (Phi) is 6.19. The van der Waals surface area contributed by atoms with Crippen LogP contribution in [0.25, 0.3) is 17.1 Å². The Labute approximate surface area is 207 Å². The number of nitrogens with two attached hydrogens (primary N) is 1. The maximum Gasteiger partial charge on any atom is 0.352 e. The zero-order chi connectivity index (χ0) is 25.0. The summed E-state index contributed by atoms with van der Waals surface area (Å²) < 4.78 is 12.6. The first-order valence-electron chi connectivity index (χ1n) is 11.3. The highest BCUT2D eigenvalue weighted by molar-refractivity contribution is 5.98. The molecule has 1 atom stereocenters. The van der Waals surface area contributed by atoms with E-state index in [0.717, 1.165) is 16.8 Å². The van der Waals surface area contributed by atoms with Crippen LogP contribution in [0.3, 0.4) is 0 Å². The maximum absolute atomic E-state index is 13.6. The van der Waals surface area contributed by atoms with Crippen LogP contribution in [0.15, 0.2) is 104 Å². The molecule has 1 unspecified atom stereocenters. The van der Waals surface area contributed by atoms with E-state index in [0.29, 0.717) is 5.82 Å². The highest BCUT2D eigenvalue weighted by Gasteiger charge is 2.51. The average molecular weight is 482 g/mol. The van der Waals surface area contributed by atoms with Gasteiger partial charge in [-0.05, 0) is 23.8 Å². The van der Waals surface area contributed by atoms with E-state index in [1.165, 1.54) is 17.2 Å². The lowest BCUT2D eigenvalue weighted by Crippen LogP contribution is -2.61. The molecule has 1 aliphatic rings. The van der Waals surface area contributed by atoms with E-state index in [1.807, 2.05) is 66.7 Å². The molecule has 0 saturated heterocycles. The quantitative estimate of drug-likeness (QED) is 0.399. The second-order valence-corrected chi connectivity index (χ2v) is 8.14. The molecule has 0 bridgehead atoms.